The molecule has 3 rings (SSSR count). The Morgan fingerprint density at radius 1 is 1.15 bits per heavy atom. The summed E-state index contributed by atoms with van der Waals surface area (Å²) in [7, 11) is -4.12. The number of amides is 1. The fraction of sp³-hybridized carbons (Fsp3) is 0.125. The van der Waals surface area contributed by atoms with Gasteiger partial charge in [-0.25, -0.2) is 13.4 Å². The van der Waals surface area contributed by atoms with Crippen LogP contribution in [0.1, 0.15) is 10.4 Å². The molecule has 27 heavy (non-hydrogen) atoms. The number of hydrogen-bond donors (Lipinski definition) is 3. The molecule has 142 valence electrons. The van der Waals surface area contributed by atoms with E-state index in [1.807, 2.05) is 0 Å². The molecule has 0 atom stereocenters. The third kappa shape index (κ3) is 4.19. The SMILES string of the molecule is O=C(NCC(F)(F)F)c1ccccc1NS(=O)(=O)c1c[nH]c2ncccc12. The summed E-state index contributed by atoms with van der Waals surface area (Å²) in [5.41, 5.74) is -0.0206. The molecule has 7 nitrogen and oxygen atoms in total. The van der Waals surface area contributed by atoms with Gasteiger partial charge in [0.05, 0.1) is 11.3 Å². The van der Waals surface area contributed by atoms with Crippen LogP contribution in [0, 0.1) is 0 Å². The lowest BCUT2D eigenvalue weighted by Gasteiger charge is -2.13. The number of rotatable bonds is 5. The van der Waals surface area contributed by atoms with Crippen molar-refractivity contribution in [3.8, 4) is 0 Å². The van der Waals surface area contributed by atoms with Crippen LogP contribution in [0.4, 0.5) is 18.9 Å². The lowest BCUT2D eigenvalue weighted by molar-refractivity contribution is -0.123. The van der Waals surface area contributed by atoms with Gasteiger partial charge in [-0.1, -0.05) is 12.1 Å². The molecule has 0 spiro atoms. The first kappa shape index (κ1) is 18.7. The Balaban J connectivity index is 1.90. The number of para-hydroxylation sites is 1. The van der Waals surface area contributed by atoms with Gasteiger partial charge in [-0.2, -0.15) is 13.2 Å². The van der Waals surface area contributed by atoms with Crippen molar-refractivity contribution in [3.05, 3.63) is 54.4 Å². The van der Waals surface area contributed by atoms with Crippen LogP contribution in [0.2, 0.25) is 0 Å². The van der Waals surface area contributed by atoms with Gasteiger partial charge in [0.25, 0.3) is 15.9 Å². The van der Waals surface area contributed by atoms with E-state index in [1.165, 1.54) is 36.7 Å². The second-order valence-corrected chi connectivity index (χ2v) is 7.15. The number of sulfonamides is 1. The van der Waals surface area contributed by atoms with Crippen LogP contribution in [0.5, 0.6) is 0 Å². The minimum Gasteiger partial charge on any atom is -0.345 e. The van der Waals surface area contributed by atoms with E-state index < -0.39 is 28.7 Å². The van der Waals surface area contributed by atoms with E-state index in [-0.39, 0.29) is 16.1 Å². The van der Waals surface area contributed by atoms with Gasteiger partial charge in [-0.15, -0.1) is 0 Å². The number of nitrogens with zero attached hydrogens (tertiary/aromatic N) is 1. The van der Waals surface area contributed by atoms with Crippen molar-refractivity contribution in [1.82, 2.24) is 15.3 Å². The zero-order chi connectivity index (χ0) is 19.7. The van der Waals surface area contributed by atoms with Gasteiger partial charge < -0.3 is 10.3 Å². The summed E-state index contributed by atoms with van der Waals surface area (Å²) in [6.45, 7) is -1.53. The van der Waals surface area contributed by atoms with Crippen molar-refractivity contribution in [2.24, 2.45) is 0 Å². The summed E-state index contributed by atoms with van der Waals surface area (Å²) >= 11 is 0. The lowest BCUT2D eigenvalue weighted by atomic mass is 10.1. The number of aromatic nitrogens is 2. The summed E-state index contributed by atoms with van der Waals surface area (Å²) in [6.07, 6.45) is -1.85. The van der Waals surface area contributed by atoms with E-state index in [0.717, 1.165) is 0 Å². The Kier molecular flexibility index (Phi) is 4.79. The molecule has 3 N–H and O–H groups in total. The van der Waals surface area contributed by atoms with Crippen LogP contribution in [0.3, 0.4) is 0 Å². The second-order valence-electron chi connectivity index (χ2n) is 5.50. The number of pyridine rings is 1. The highest BCUT2D eigenvalue weighted by Crippen LogP contribution is 2.25. The maximum absolute atomic E-state index is 12.7. The molecular weight excluding hydrogens is 385 g/mol. The number of aromatic amines is 1. The zero-order valence-corrected chi connectivity index (χ0v) is 14.4. The highest BCUT2D eigenvalue weighted by molar-refractivity contribution is 7.93. The second kappa shape index (κ2) is 6.91. The molecule has 2 aromatic heterocycles. The van der Waals surface area contributed by atoms with Crippen molar-refractivity contribution < 1.29 is 26.4 Å². The van der Waals surface area contributed by atoms with E-state index in [1.54, 1.807) is 17.4 Å². The predicted molar refractivity (Wildman–Crippen MR) is 91.7 cm³/mol. The Morgan fingerprint density at radius 2 is 1.89 bits per heavy atom. The van der Waals surface area contributed by atoms with Crippen molar-refractivity contribution in [3.63, 3.8) is 0 Å². The lowest BCUT2D eigenvalue weighted by Crippen LogP contribution is -2.34. The van der Waals surface area contributed by atoms with Crippen molar-refractivity contribution in [2.45, 2.75) is 11.1 Å². The van der Waals surface area contributed by atoms with Crippen molar-refractivity contribution in [1.29, 1.82) is 0 Å². The number of fused-ring (bicyclic) bond motifs is 1. The fourth-order valence-corrected chi connectivity index (χ4v) is 3.64. The van der Waals surface area contributed by atoms with Crippen LogP contribution >= 0.6 is 0 Å². The number of benzene rings is 1. The molecule has 0 aliphatic heterocycles. The summed E-state index contributed by atoms with van der Waals surface area (Å²) < 4.78 is 64.5. The van der Waals surface area contributed by atoms with E-state index in [2.05, 4.69) is 14.7 Å². The van der Waals surface area contributed by atoms with Crippen LogP contribution < -0.4 is 10.0 Å². The Bertz CT molecular complexity index is 1090. The zero-order valence-electron chi connectivity index (χ0n) is 13.5. The summed E-state index contributed by atoms with van der Waals surface area (Å²) in [5.74, 6) is -1.05. The molecule has 0 aliphatic carbocycles. The Labute approximate surface area is 151 Å². The number of H-pyrrole nitrogens is 1. The molecule has 0 aliphatic rings. The summed E-state index contributed by atoms with van der Waals surface area (Å²) in [6, 6.07) is 8.49. The topological polar surface area (TPSA) is 104 Å². The molecule has 3 aromatic rings. The molecule has 0 saturated heterocycles. The number of halogens is 3. The van der Waals surface area contributed by atoms with Crippen molar-refractivity contribution >= 4 is 32.7 Å². The quantitative estimate of drug-likeness (QED) is 0.615. The first-order valence-corrected chi connectivity index (χ1v) is 9.04. The van der Waals surface area contributed by atoms with Gasteiger partial charge in [0.2, 0.25) is 0 Å². The average Bonchev–Trinajstić information content (AvgIpc) is 3.04. The number of anilines is 1. The van der Waals surface area contributed by atoms with Gasteiger partial charge >= 0.3 is 6.18 Å². The highest BCUT2D eigenvalue weighted by atomic mass is 32.2. The van der Waals surface area contributed by atoms with Crippen molar-refractivity contribution in [2.75, 3.05) is 11.3 Å². The highest BCUT2D eigenvalue weighted by Gasteiger charge is 2.29. The fourth-order valence-electron chi connectivity index (χ4n) is 2.40. The minimum absolute atomic E-state index is 0.101. The maximum Gasteiger partial charge on any atom is 0.405 e. The van der Waals surface area contributed by atoms with Gasteiger partial charge in [-0.3, -0.25) is 9.52 Å². The number of carbonyl (C=O) groups excluding carboxylic acids is 1. The molecule has 0 bridgehead atoms. The van der Waals surface area contributed by atoms with Crippen LogP contribution in [-0.2, 0) is 10.0 Å². The smallest absolute Gasteiger partial charge is 0.345 e. The summed E-state index contributed by atoms with van der Waals surface area (Å²) in [5, 5.41) is 2.05. The van der Waals surface area contributed by atoms with Crippen LogP contribution in [0.15, 0.2) is 53.7 Å². The molecule has 1 amide bonds. The van der Waals surface area contributed by atoms with E-state index in [4.69, 9.17) is 0 Å². The molecule has 2 heterocycles. The first-order chi connectivity index (χ1) is 12.7. The molecule has 0 unspecified atom stereocenters. The molecule has 0 radical (unpaired) electrons. The molecule has 1 aromatic carbocycles. The molecule has 0 fully saturated rings. The predicted octanol–water partition coefficient (Wildman–Crippen LogP) is 2.66. The Hall–Kier alpha value is -3.08. The number of nitrogens with one attached hydrogen (secondary N) is 3. The average molecular weight is 398 g/mol. The van der Waals surface area contributed by atoms with Gasteiger partial charge in [-0.05, 0) is 24.3 Å². The molecule has 0 saturated carbocycles. The van der Waals surface area contributed by atoms with Crippen LogP contribution in [0.25, 0.3) is 11.0 Å². The van der Waals surface area contributed by atoms with E-state index >= 15 is 0 Å². The number of alkyl halides is 3. The third-order valence-electron chi connectivity index (χ3n) is 3.57. The molecular formula is C16H13F3N4O3S. The maximum atomic E-state index is 12.7. The van der Waals surface area contributed by atoms with Gasteiger partial charge in [0, 0.05) is 17.8 Å². The number of carbonyl (C=O) groups is 1. The van der Waals surface area contributed by atoms with Gasteiger partial charge in [0.15, 0.2) is 0 Å². The van der Waals surface area contributed by atoms with Gasteiger partial charge in [0.1, 0.15) is 17.1 Å². The normalized spacial score (nSPS) is 12.1. The summed E-state index contributed by atoms with van der Waals surface area (Å²) in [4.78, 5) is 18.7. The van der Waals surface area contributed by atoms with E-state index in [0.29, 0.717) is 11.0 Å². The largest absolute Gasteiger partial charge is 0.405 e. The Morgan fingerprint density at radius 3 is 2.63 bits per heavy atom. The third-order valence-corrected chi connectivity index (χ3v) is 4.97. The first-order valence-electron chi connectivity index (χ1n) is 7.56. The number of hydrogen-bond acceptors (Lipinski definition) is 4. The van der Waals surface area contributed by atoms with E-state index in [9.17, 15) is 26.4 Å². The van der Waals surface area contributed by atoms with Crippen LogP contribution in [-0.4, -0.2) is 37.0 Å². The molecule has 11 heteroatoms. The standard InChI is InChI=1S/C16H13F3N4O3S/c17-16(18,19)9-22-15(24)10-4-1-2-6-12(10)23-27(25,26)13-8-21-14-11(13)5-3-7-20-14/h1-8,23H,9H2,(H,20,21)(H,22,24). The monoisotopic (exact) mass is 398 g/mol. The minimum atomic E-state index is -4.58.